The second kappa shape index (κ2) is 8.12. The summed E-state index contributed by atoms with van der Waals surface area (Å²) in [6.07, 6.45) is 1.84. The summed E-state index contributed by atoms with van der Waals surface area (Å²) in [5.74, 6) is -0.665. The van der Waals surface area contributed by atoms with Crippen LogP contribution in [-0.4, -0.2) is 31.1 Å². The molecule has 0 fully saturated rings. The molecule has 0 spiro atoms. The van der Waals surface area contributed by atoms with Gasteiger partial charge in [0, 0.05) is 17.1 Å². The van der Waals surface area contributed by atoms with Crippen LogP contribution >= 0.6 is 11.6 Å². The van der Waals surface area contributed by atoms with E-state index in [1.165, 1.54) is 6.07 Å². The number of carbonyl (C=O) groups excluding carboxylic acids is 1. The van der Waals surface area contributed by atoms with E-state index in [4.69, 9.17) is 16.3 Å². The van der Waals surface area contributed by atoms with Gasteiger partial charge < -0.3 is 4.74 Å². The Kier molecular flexibility index (Phi) is 6.81. The monoisotopic (exact) mass is 287 g/mol. The predicted octanol–water partition coefficient (Wildman–Crippen LogP) is 3.25. The lowest BCUT2D eigenvalue weighted by Gasteiger charge is -2.17. The molecule has 0 aromatic heterocycles. The second-order valence-electron chi connectivity index (χ2n) is 4.45. The molecule has 3 nitrogen and oxygen atoms in total. The van der Waals surface area contributed by atoms with Gasteiger partial charge >= 0.3 is 5.97 Å². The first kappa shape index (κ1) is 15.9. The van der Waals surface area contributed by atoms with Crippen LogP contribution in [-0.2, 0) is 16.1 Å². The minimum absolute atomic E-state index is 0.119. The number of hydrogen-bond donors (Lipinski definition) is 0. The highest BCUT2D eigenvalue weighted by Crippen LogP contribution is 2.20. The van der Waals surface area contributed by atoms with E-state index >= 15 is 0 Å². The molecule has 0 saturated carbocycles. The third-order valence-corrected chi connectivity index (χ3v) is 3.00. The normalized spacial score (nSPS) is 10.8. The van der Waals surface area contributed by atoms with Crippen LogP contribution in [0.1, 0.15) is 25.3 Å². The lowest BCUT2D eigenvalue weighted by molar-refractivity contribution is -0.144. The molecule has 0 radical (unpaired) electrons. The Bertz CT molecular complexity index is 406. The Morgan fingerprint density at radius 1 is 1.47 bits per heavy atom. The van der Waals surface area contributed by atoms with Gasteiger partial charge in [-0.3, -0.25) is 9.69 Å². The van der Waals surface area contributed by atoms with E-state index in [-0.39, 0.29) is 24.9 Å². The van der Waals surface area contributed by atoms with Crippen molar-refractivity contribution in [3.05, 3.63) is 34.6 Å². The molecule has 0 amide bonds. The van der Waals surface area contributed by atoms with Gasteiger partial charge in [-0.15, -0.1) is 0 Å². The summed E-state index contributed by atoms with van der Waals surface area (Å²) in [7, 11) is 1.73. The van der Waals surface area contributed by atoms with Gasteiger partial charge in [0.05, 0.1) is 13.2 Å². The maximum atomic E-state index is 13.6. The third kappa shape index (κ3) is 5.57. The minimum atomic E-state index is -0.362. The molecule has 19 heavy (non-hydrogen) atoms. The van der Waals surface area contributed by atoms with Crippen LogP contribution in [0.4, 0.5) is 4.39 Å². The number of benzene rings is 1. The molecule has 0 aliphatic heterocycles. The van der Waals surface area contributed by atoms with Crippen molar-refractivity contribution < 1.29 is 13.9 Å². The fraction of sp³-hybridized carbons (Fsp3) is 0.500. The van der Waals surface area contributed by atoms with Crippen molar-refractivity contribution in [2.75, 3.05) is 20.2 Å². The van der Waals surface area contributed by atoms with Gasteiger partial charge in [0.1, 0.15) is 5.82 Å². The summed E-state index contributed by atoms with van der Waals surface area (Å²) in [6, 6.07) is 4.54. The molecule has 1 aromatic carbocycles. The van der Waals surface area contributed by atoms with E-state index in [9.17, 15) is 9.18 Å². The predicted molar refractivity (Wildman–Crippen MR) is 73.6 cm³/mol. The molecule has 1 aromatic rings. The molecular weight excluding hydrogens is 269 g/mol. The molecule has 0 unspecified atom stereocenters. The number of nitrogens with zero attached hydrogens (tertiary/aromatic N) is 1. The highest BCUT2D eigenvalue weighted by Gasteiger charge is 2.12. The fourth-order valence-corrected chi connectivity index (χ4v) is 1.83. The van der Waals surface area contributed by atoms with Crippen molar-refractivity contribution in [1.29, 1.82) is 0 Å². The first-order valence-corrected chi connectivity index (χ1v) is 6.69. The Morgan fingerprint density at radius 3 is 2.84 bits per heavy atom. The Morgan fingerprint density at radius 2 is 2.21 bits per heavy atom. The molecule has 0 N–H and O–H groups in total. The number of esters is 1. The Hall–Kier alpha value is -1.13. The summed E-state index contributed by atoms with van der Waals surface area (Å²) >= 11 is 5.93. The molecule has 0 atom stereocenters. The third-order valence-electron chi connectivity index (χ3n) is 2.65. The van der Waals surface area contributed by atoms with Crippen molar-refractivity contribution in [2.45, 2.75) is 26.3 Å². The minimum Gasteiger partial charge on any atom is -0.465 e. The van der Waals surface area contributed by atoms with Gasteiger partial charge in [0.25, 0.3) is 0 Å². The number of likely N-dealkylation sites (N-methyl/N-ethyl adjacent to an activating group) is 1. The summed E-state index contributed by atoms with van der Waals surface area (Å²) < 4.78 is 18.6. The van der Waals surface area contributed by atoms with Gasteiger partial charge in [-0.2, -0.15) is 0 Å². The molecule has 0 aliphatic rings. The molecule has 0 saturated heterocycles. The maximum Gasteiger partial charge on any atom is 0.320 e. The molecule has 0 aliphatic carbocycles. The van der Waals surface area contributed by atoms with Crippen molar-refractivity contribution >= 4 is 17.6 Å². The van der Waals surface area contributed by atoms with E-state index in [2.05, 4.69) is 0 Å². The maximum absolute atomic E-state index is 13.6. The largest absolute Gasteiger partial charge is 0.465 e. The highest BCUT2D eigenvalue weighted by molar-refractivity contribution is 6.31. The van der Waals surface area contributed by atoms with E-state index in [0.29, 0.717) is 17.2 Å². The van der Waals surface area contributed by atoms with Crippen LogP contribution in [0.25, 0.3) is 0 Å². The van der Waals surface area contributed by atoms with Crippen LogP contribution in [0.15, 0.2) is 18.2 Å². The first-order valence-electron chi connectivity index (χ1n) is 6.31. The molecule has 0 heterocycles. The smallest absolute Gasteiger partial charge is 0.320 e. The first-order chi connectivity index (χ1) is 9.04. The number of ether oxygens (including phenoxy) is 1. The second-order valence-corrected chi connectivity index (χ2v) is 4.85. The lowest BCUT2D eigenvalue weighted by atomic mass is 10.2. The van der Waals surface area contributed by atoms with Crippen LogP contribution in [0.3, 0.4) is 0 Å². The van der Waals surface area contributed by atoms with Crippen molar-refractivity contribution in [3.8, 4) is 0 Å². The quantitative estimate of drug-likeness (QED) is 0.569. The number of hydrogen-bond acceptors (Lipinski definition) is 3. The number of unbranched alkanes of at least 4 members (excludes halogenated alkanes) is 1. The zero-order chi connectivity index (χ0) is 14.3. The van der Waals surface area contributed by atoms with E-state index in [1.54, 1.807) is 24.1 Å². The van der Waals surface area contributed by atoms with Gasteiger partial charge in [0.15, 0.2) is 0 Å². The number of carbonyl (C=O) groups is 1. The van der Waals surface area contributed by atoms with Crippen molar-refractivity contribution in [2.24, 2.45) is 0 Å². The Labute approximate surface area is 118 Å². The van der Waals surface area contributed by atoms with Crippen molar-refractivity contribution in [3.63, 3.8) is 0 Å². The zero-order valence-electron chi connectivity index (χ0n) is 11.3. The van der Waals surface area contributed by atoms with Crippen LogP contribution in [0.5, 0.6) is 0 Å². The number of halogens is 2. The average molecular weight is 288 g/mol. The van der Waals surface area contributed by atoms with E-state index < -0.39 is 0 Å². The Balaban J connectivity index is 2.46. The van der Waals surface area contributed by atoms with Crippen LogP contribution in [0, 0.1) is 5.82 Å². The summed E-state index contributed by atoms with van der Waals surface area (Å²) in [5, 5.41) is 0.367. The van der Waals surface area contributed by atoms with Crippen molar-refractivity contribution in [1.82, 2.24) is 4.90 Å². The van der Waals surface area contributed by atoms with Gasteiger partial charge in [-0.25, -0.2) is 4.39 Å². The molecule has 1 rings (SSSR count). The van der Waals surface area contributed by atoms with Crippen LogP contribution < -0.4 is 0 Å². The molecule has 5 heteroatoms. The zero-order valence-corrected chi connectivity index (χ0v) is 12.0. The summed E-state index contributed by atoms with van der Waals surface area (Å²) in [4.78, 5) is 13.2. The van der Waals surface area contributed by atoms with Gasteiger partial charge in [-0.1, -0.05) is 31.0 Å². The summed E-state index contributed by atoms with van der Waals surface area (Å²) in [5.41, 5.74) is 0.396. The topological polar surface area (TPSA) is 29.5 Å². The SMILES string of the molecule is CCCCOC(=O)CN(C)Cc1c(F)cccc1Cl. The average Bonchev–Trinajstić information content (AvgIpc) is 2.34. The summed E-state index contributed by atoms with van der Waals surface area (Å²) in [6.45, 7) is 2.85. The fourth-order valence-electron chi connectivity index (χ4n) is 1.61. The van der Waals surface area contributed by atoms with Gasteiger partial charge in [0.2, 0.25) is 0 Å². The van der Waals surface area contributed by atoms with E-state index in [0.717, 1.165) is 12.8 Å². The molecular formula is C14H19ClFNO2. The number of rotatable bonds is 7. The van der Waals surface area contributed by atoms with Gasteiger partial charge in [-0.05, 0) is 25.6 Å². The van der Waals surface area contributed by atoms with E-state index in [1.807, 2.05) is 6.92 Å². The lowest BCUT2D eigenvalue weighted by Crippen LogP contribution is -2.27. The molecule has 0 bridgehead atoms. The van der Waals surface area contributed by atoms with Crippen LogP contribution in [0.2, 0.25) is 5.02 Å². The standard InChI is InChI=1S/C14H19ClFNO2/c1-3-4-8-19-14(18)10-17(2)9-11-12(15)6-5-7-13(11)16/h5-7H,3-4,8-10H2,1-2H3. The highest BCUT2D eigenvalue weighted by atomic mass is 35.5. The molecule has 106 valence electrons.